The Hall–Kier alpha value is -1.40. The van der Waals surface area contributed by atoms with Crippen LogP contribution >= 0.6 is 0 Å². The lowest BCUT2D eigenvalue weighted by Crippen LogP contribution is -2.16. The van der Waals surface area contributed by atoms with E-state index in [1.807, 2.05) is 18.2 Å². The van der Waals surface area contributed by atoms with Gasteiger partial charge in [-0.05, 0) is 12.1 Å². The fourth-order valence-corrected chi connectivity index (χ4v) is 1.27. The number of rotatable bonds is 1. The standard InChI is InChI=1S/C11H14N2Si/c1-14(2,3)10-6-9-13-11-7-4-5-8-12-11/h4-5,7-9H,1-3H3. The maximum Gasteiger partial charge on any atom is 0.152 e. The molecule has 0 N–H and O–H groups in total. The molecule has 72 valence electrons. The van der Waals surface area contributed by atoms with Crippen molar-refractivity contribution < 1.29 is 0 Å². The van der Waals surface area contributed by atoms with Crippen molar-refractivity contribution in [3.05, 3.63) is 24.4 Å². The van der Waals surface area contributed by atoms with Crippen molar-refractivity contribution in [2.45, 2.75) is 19.6 Å². The fraction of sp³-hybridized carbons (Fsp3) is 0.273. The summed E-state index contributed by atoms with van der Waals surface area (Å²) in [5, 5.41) is 0. The molecule has 3 heteroatoms. The minimum Gasteiger partial charge on any atom is -0.237 e. The van der Waals surface area contributed by atoms with Crippen LogP contribution in [0.4, 0.5) is 5.82 Å². The predicted octanol–water partition coefficient (Wildman–Crippen LogP) is 2.66. The van der Waals surface area contributed by atoms with E-state index in [1.165, 1.54) is 0 Å². The first-order valence-corrected chi connectivity index (χ1v) is 8.04. The molecule has 0 aliphatic heterocycles. The smallest absolute Gasteiger partial charge is 0.152 e. The number of aliphatic imine (C=N–C) groups is 1. The van der Waals surface area contributed by atoms with Gasteiger partial charge in [-0.25, -0.2) is 9.98 Å². The molecular weight excluding hydrogens is 188 g/mol. The quantitative estimate of drug-likeness (QED) is 0.390. The van der Waals surface area contributed by atoms with E-state index in [4.69, 9.17) is 0 Å². The van der Waals surface area contributed by atoms with E-state index in [-0.39, 0.29) is 0 Å². The summed E-state index contributed by atoms with van der Waals surface area (Å²) in [4.78, 5) is 8.18. The van der Waals surface area contributed by atoms with Crippen LogP contribution in [0.3, 0.4) is 0 Å². The number of nitrogens with zero attached hydrogens (tertiary/aromatic N) is 2. The van der Waals surface area contributed by atoms with E-state index < -0.39 is 8.07 Å². The van der Waals surface area contributed by atoms with Gasteiger partial charge in [0.25, 0.3) is 0 Å². The molecule has 0 atom stereocenters. The first-order valence-electron chi connectivity index (χ1n) is 4.54. The number of hydrogen-bond acceptors (Lipinski definition) is 2. The van der Waals surface area contributed by atoms with Gasteiger partial charge >= 0.3 is 0 Å². The molecule has 0 amide bonds. The Kier molecular flexibility index (Phi) is 3.61. The van der Waals surface area contributed by atoms with Gasteiger partial charge in [-0.3, -0.25) is 0 Å². The van der Waals surface area contributed by atoms with Gasteiger partial charge in [0, 0.05) is 6.20 Å². The minimum atomic E-state index is -1.27. The molecule has 1 heterocycles. The van der Waals surface area contributed by atoms with Crippen LogP contribution in [0.25, 0.3) is 0 Å². The predicted molar refractivity (Wildman–Crippen MR) is 63.5 cm³/mol. The summed E-state index contributed by atoms with van der Waals surface area (Å²) in [6.45, 7) is 6.61. The first kappa shape index (κ1) is 10.7. The topological polar surface area (TPSA) is 25.2 Å². The molecule has 0 unspecified atom stereocenters. The zero-order valence-electron chi connectivity index (χ0n) is 8.78. The van der Waals surface area contributed by atoms with Crippen LogP contribution in [0.15, 0.2) is 29.4 Å². The summed E-state index contributed by atoms with van der Waals surface area (Å²) in [7, 11) is -1.27. The Morgan fingerprint density at radius 3 is 2.71 bits per heavy atom. The first-order chi connectivity index (χ1) is 6.58. The molecule has 0 saturated heterocycles. The normalized spacial score (nSPS) is 11.1. The largest absolute Gasteiger partial charge is 0.237 e. The molecule has 1 aromatic heterocycles. The van der Waals surface area contributed by atoms with Crippen molar-refractivity contribution in [2.24, 2.45) is 4.99 Å². The van der Waals surface area contributed by atoms with Gasteiger partial charge in [0.15, 0.2) is 5.82 Å². The van der Waals surface area contributed by atoms with Gasteiger partial charge < -0.3 is 0 Å². The molecule has 0 spiro atoms. The molecule has 0 fully saturated rings. The van der Waals surface area contributed by atoms with Crippen LogP contribution in [0.1, 0.15) is 0 Å². The van der Waals surface area contributed by atoms with E-state index in [0.717, 1.165) is 0 Å². The van der Waals surface area contributed by atoms with Gasteiger partial charge in [-0.2, -0.15) is 0 Å². The summed E-state index contributed by atoms with van der Waals surface area (Å²) in [5.41, 5.74) is 3.20. The van der Waals surface area contributed by atoms with Gasteiger partial charge in [-0.1, -0.05) is 31.6 Å². The lowest BCUT2D eigenvalue weighted by atomic mass is 10.5. The third-order valence-corrected chi connectivity index (χ3v) is 2.25. The van der Waals surface area contributed by atoms with Crippen LogP contribution in [0.2, 0.25) is 19.6 Å². The molecule has 0 radical (unpaired) electrons. The monoisotopic (exact) mass is 202 g/mol. The van der Waals surface area contributed by atoms with Crippen LogP contribution in [-0.4, -0.2) is 19.3 Å². The second kappa shape index (κ2) is 4.73. The second-order valence-electron chi connectivity index (χ2n) is 3.97. The highest BCUT2D eigenvalue weighted by molar-refractivity contribution is 6.84. The number of pyridine rings is 1. The van der Waals surface area contributed by atoms with E-state index in [0.29, 0.717) is 5.82 Å². The van der Waals surface area contributed by atoms with E-state index in [9.17, 15) is 0 Å². The van der Waals surface area contributed by atoms with Crippen molar-refractivity contribution in [3.63, 3.8) is 0 Å². The van der Waals surface area contributed by atoms with Crippen molar-refractivity contribution in [1.29, 1.82) is 0 Å². The highest BCUT2D eigenvalue weighted by Crippen LogP contribution is 2.02. The minimum absolute atomic E-state index is 0.706. The molecule has 0 aliphatic carbocycles. The van der Waals surface area contributed by atoms with E-state index >= 15 is 0 Å². The summed E-state index contributed by atoms with van der Waals surface area (Å²) in [6.07, 6.45) is 3.35. The van der Waals surface area contributed by atoms with E-state index in [2.05, 4.69) is 41.1 Å². The Morgan fingerprint density at radius 2 is 2.14 bits per heavy atom. The third kappa shape index (κ3) is 4.58. The molecule has 0 bridgehead atoms. The molecule has 14 heavy (non-hydrogen) atoms. The summed E-state index contributed by atoms with van der Waals surface area (Å²) in [6, 6.07) is 5.63. The van der Waals surface area contributed by atoms with Crippen molar-refractivity contribution in [1.82, 2.24) is 4.98 Å². The second-order valence-corrected chi connectivity index (χ2v) is 8.72. The van der Waals surface area contributed by atoms with Gasteiger partial charge in [0.05, 0.1) is 6.21 Å². The molecule has 1 aromatic rings. The SMILES string of the molecule is C[Si](C)(C)C#CC=Nc1ccccn1. The van der Waals surface area contributed by atoms with Crippen LogP contribution in [-0.2, 0) is 0 Å². The Labute approximate surface area is 86.1 Å². The molecule has 0 aromatic carbocycles. The molecular formula is C11H14N2Si. The summed E-state index contributed by atoms with van der Waals surface area (Å²) < 4.78 is 0. The average Bonchev–Trinajstić information content (AvgIpc) is 2.13. The maximum atomic E-state index is 4.12. The van der Waals surface area contributed by atoms with Gasteiger partial charge in [0.1, 0.15) is 8.07 Å². The van der Waals surface area contributed by atoms with E-state index in [1.54, 1.807) is 12.4 Å². The number of aromatic nitrogens is 1. The zero-order valence-corrected chi connectivity index (χ0v) is 9.78. The van der Waals surface area contributed by atoms with Crippen LogP contribution < -0.4 is 0 Å². The third-order valence-electron chi connectivity index (χ3n) is 1.36. The maximum absolute atomic E-state index is 4.12. The number of hydrogen-bond donors (Lipinski definition) is 0. The van der Waals surface area contributed by atoms with Gasteiger partial charge in [0.2, 0.25) is 0 Å². The summed E-state index contributed by atoms with van der Waals surface area (Å²) in [5.74, 6) is 3.66. The Bertz CT molecular complexity index is 366. The molecule has 0 saturated carbocycles. The fourth-order valence-electron chi connectivity index (χ4n) is 0.777. The van der Waals surface area contributed by atoms with Crippen molar-refractivity contribution in [2.75, 3.05) is 0 Å². The average molecular weight is 202 g/mol. The molecule has 2 nitrogen and oxygen atoms in total. The highest BCUT2D eigenvalue weighted by Gasteiger charge is 2.06. The zero-order chi connectivity index (χ0) is 10.4. The summed E-state index contributed by atoms with van der Waals surface area (Å²) >= 11 is 0. The van der Waals surface area contributed by atoms with Crippen LogP contribution in [0, 0.1) is 11.5 Å². The molecule has 1 rings (SSSR count). The lowest BCUT2D eigenvalue weighted by Gasteiger charge is -2.01. The van der Waals surface area contributed by atoms with Crippen molar-refractivity contribution >= 4 is 20.1 Å². The van der Waals surface area contributed by atoms with Crippen LogP contribution in [0.5, 0.6) is 0 Å². The highest BCUT2D eigenvalue weighted by atomic mass is 28.3. The Morgan fingerprint density at radius 1 is 1.36 bits per heavy atom. The lowest BCUT2D eigenvalue weighted by molar-refractivity contribution is 1.28. The Balaban J connectivity index is 2.61. The molecule has 0 aliphatic rings. The van der Waals surface area contributed by atoms with Crippen molar-refractivity contribution in [3.8, 4) is 11.5 Å². The van der Waals surface area contributed by atoms with Gasteiger partial charge in [-0.15, -0.1) is 5.54 Å².